The van der Waals surface area contributed by atoms with Crippen LogP contribution in [-0.2, 0) is 23.9 Å². The number of hydrogen-bond donors (Lipinski definition) is 3. The highest BCUT2D eigenvalue weighted by atomic mass is 16.6. The summed E-state index contributed by atoms with van der Waals surface area (Å²) < 4.78 is 10.4. The second kappa shape index (κ2) is 13.3. The number of aliphatic hydroxyl groups is 2. The fourth-order valence-electron chi connectivity index (χ4n) is 2.98. The first-order chi connectivity index (χ1) is 13.3. The molecule has 0 fully saturated rings. The quantitative estimate of drug-likeness (QED) is 0.612. The number of carbonyl (C=O) groups excluding carboxylic acids is 2. The van der Waals surface area contributed by atoms with E-state index in [0.29, 0.717) is 12.8 Å². The van der Waals surface area contributed by atoms with Crippen LogP contribution in [0.15, 0.2) is 12.2 Å². The number of cyclic esters (lactones) is 1. The molecule has 0 aromatic rings. The summed E-state index contributed by atoms with van der Waals surface area (Å²) in [7, 11) is 0. The van der Waals surface area contributed by atoms with Gasteiger partial charge in [-0.3, -0.25) is 9.59 Å². The minimum atomic E-state index is -1.21. The molecule has 1 aliphatic heterocycles. The zero-order valence-electron chi connectivity index (χ0n) is 16.4. The zero-order valence-corrected chi connectivity index (χ0v) is 16.4. The largest absolute Gasteiger partial charge is 0.481 e. The molecule has 28 heavy (non-hydrogen) atoms. The molecule has 1 heterocycles. The SMILES string of the molecule is C[C@H]1OC(=O)C=C[C@@H](O)[C@@H](OC(=O)CCC(=O)O)CCCCCCCC[C@@H]1O. The predicted molar refractivity (Wildman–Crippen MR) is 100 cm³/mol. The van der Waals surface area contributed by atoms with Crippen molar-refractivity contribution in [3.63, 3.8) is 0 Å². The molecule has 0 spiro atoms. The summed E-state index contributed by atoms with van der Waals surface area (Å²) in [6.07, 6.45) is 4.58. The van der Waals surface area contributed by atoms with Crippen LogP contribution in [0.3, 0.4) is 0 Å². The fourth-order valence-corrected chi connectivity index (χ4v) is 2.98. The van der Waals surface area contributed by atoms with Crippen molar-refractivity contribution in [1.82, 2.24) is 0 Å². The summed E-state index contributed by atoms with van der Waals surface area (Å²) in [5, 5.41) is 29.0. The number of aliphatic hydroxyl groups excluding tert-OH is 2. The Balaban J connectivity index is 2.74. The molecule has 1 aliphatic rings. The average Bonchev–Trinajstić information content (AvgIpc) is 2.64. The van der Waals surface area contributed by atoms with Gasteiger partial charge in [-0.1, -0.05) is 32.1 Å². The van der Waals surface area contributed by atoms with Gasteiger partial charge < -0.3 is 24.8 Å². The summed E-state index contributed by atoms with van der Waals surface area (Å²) in [6, 6.07) is 0. The minimum absolute atomic E-state index is 0.278. The Kier molecular flexibility index (Phi) is 11.4. The Morgan fingerprint density at radius 2 is 1.68 bits per heavy atom. The molecule has 160 valence electrons. The van der Waals surface area contributed by atoms with Gasteiger partial charge >= 0.3 is 17.9 Å². The van der Waals surface area contributed by atoms with Crippen LogP contribution < -0.4 is 0 Å². The molecule has 0 aromatic heterocycles. The van der Waals surface area contributed by atoms with E-state index in [2.05, 4.69) is 0 Å². The van der Waals surface area contributed by atoms with Gasteiger partial charge in [0, 0.05) is 6.08 Å². The van der Waals surface area contributed by atoms with Crippen molar-refractivity contribution >= 4 is 17.9 Å². The highest BCUT2D eigenvalue weighted by molar-refractivity contribution is 5.82. The van der Waals surface area contributed by atoms with Gasteiger partial charge in [-0.15, -0.1) is 0 Å². The van der Waals surface area contributed by atoms with Crippen molar-refractivity contribution in [2.45, 2.75) is 95.5 Å². The second-order valence-electron chi connectivity index (χ2n) is 7.18. The summed E-state index contributed by atoms with van der Waals surface area (Å²) in [5.74, 6) is -2.50. The maximum Gasteiger partial charge on any atom is 0.330 e. The minimum Gasteiger partial charge on any atom is -0.481 e. The molecule has 3 N–H and O–H groups in total. The van der Waals surface area contributed by atoms with E-state index in [1.54, 1.807) is 6.92 Å². The van der Waals surface area contributed by atoms with Crippen molar-refractivity contribution < 1.29 is 39.2 Å². The van der Waals surface area contributed by atoms with E-state index in [4.69, 9.17) is 14.6 Å². The second-order valence-corrected chi connectivity index (χ2v) is 7.18. The van der Waals surface area contributed by atoms with Crippen LogP contribution in [0.2, 0.25) is 0 Å². The third-order valence-corrected chi connectivity index (χ3v) is 4.72. The normalized spacial score (nSPS) is 28.3. The Hall–Kier alpha value is -1.93. The summed E-state index contributed by atoms with van der Waals surface area (Å²) in [6.45, 7) is 1.61. The van der Waals surface area contributed by atoms with Crippen molar-refractivity contribution in [2.75, 3.05) is 0 Å². The van der Waals surface area contributed by atoms with E-state index in [-0.39, 0.29) is 12.8 Å². The standard InChI is InChI=1S/C20H32O8/c1-14-15(21)8-6-4-2-3-5-7-9-17(16(22)10-12-19(25)27-14)28-20(26)13-11-18(23)24/h10,12,14-17,21-22H,2-9,11,13H2,1H3,(H,23,24)/t14-,15+,16-,17+/m1/s1. The lowest BCUT2D eigenvalue weighted by Gasteiger charge is -2.22. The Morgan fingerprint density at radius 1 is 1.07 bits per heavy atom. The van der Waals surface area contributed by atoms with Gasteiger partial charge in [0.15, 0.2) is 0 Å². The molecule has 0 bridgehead atoms. The molecular weight excluding hydrogens is 368 g/mol. The van der Waals surface area contributed by atoms with Gasteiger partial charge in [0.1, 0.15) is 18.3 Å². The number of rotatable bonds is 4. The molecule has 0 saturated heterocycles. The molecule has 0 aliphatic carbocycles. The maximum atomic E-state index is 11.9. The van der Waals surface area contributed by atoms with Crippen LogP contribution in [-0.4, -0.2) is 57.6 Å². The average molecular weight is 400 g/mol. The van der Waals surface area contributed by atoms with Crippen LogP contribution in [0.1, 0.15) is 71.1 Å². The number of hydrogen-bond acceptors (Lipinski definition) is 7. The van der Waals surface area contributed by atoms with Crippen LogP contribution in [0, 0.1) is 0 Å². The van der Waals surface area contributed by atoms with Crippen molar-refractivity contribution in [2.24, 2.45) is 0 Å². The molecule has 4 atom stereocenters. The van der Waals surface area contributed by atoms with Gasteiger partial charge in [-0.05, 0) is 32.3 Å². The van der Waals surface area contributed by atoms with E-state index < -0.39 is 42.3 Å². The number of aliphatic carboxylic acids is 1. The summed E-state index contributed by atoms with van der Waals surface area (Å²) in [4.78, 5) is 34.3. The van der Waals surface area contributed by atoms with Crippen LogP contribution >= 0.6 is 0 Å². The smallest absolute Gasteiger partial charge is 0.330 e. The Labute approximate surface area is 165 Å². The van der Waals surface area contributed by atoms with E-state index in [1.165, 1.54) is 6.08 Å². The molecule has 8 nitrogen and oxygen atoms in total. The van der Waals surface area contributed by atoms with E-state index in [1.807, 2.05) is 0 Å². The van der Waals surface area contributed by atoms with Gasteiger partial charge in [0.25, 0.3) is 0 Å². The first kappa shape index (κ1) is 24.1. The molecule has 0 aromatic carbocycles. The van der Waals surface area contributed by atoms with Gasteiger partial charge in [0.2, 0.25) is 0 Å². The van der Waals surface area contributed by atoms with Crippen molar-refractivity contribution in [3.05, 3.63) is 12.2 Å². The number of carbonyl (C=O) groups is 3. The first-order valence-electron chi connectivity index (χ1n) is 9.95. The van der Waals surface area contributed by atoms with E-state index in [0.717, 1.165) is 44.6 Å². The molecule has 0 unspecified atom stereocenters. The summed E-state index contributed by atoms with van der Waals surface area (Å²) in [5.41, 5.74) is 0. The lowest BCUT2D eigenvalue weighted by atomic mass is 10.0. The van der Waals surface area contributed by atoms with Crippen molar-refractivity contribution in [3.8, 4) is 0 Å². The third kappa shape index (κ3) is 10.4. The van der Waals surface area contributed by atoms with Gasteiger partial charge in [-0.2, -0.15) is 0 Å². The van der Waals surface area contributed by atoms with Gasteiger partial charge in [0.05, 0.1) is 18.9 Å². The van der Waals surface area contributed by atoms with E-state index >= 15 is 0 Å². The molecular formula is C20H32O8. The lowest BCUT2D eigenvalue weighted by Crippen LogP contribution is -2.31. The van der Waals surface area contributed by atoms with Crippen LogP contribution in [0.4, 0.5) is 0 Å². The van der Waals surface area contributed by atoms with Gasteiger partial charge in [-0.25, -0.2) is 4.79 Å². The molecule has 8 heteroatoms. The van der Waals surface area contributed by atoms with E-state index in [9.17, 15) is 24.6 Å². The van der Waals surface area contributed by atoms with Crippen LogP contribution in [0.5, 0.6) is 0 Å². The monoisotopic (exact) mass is 400 g/mol. The number of ether oxygens (including phenoxy) is 2. The molecule has 0 saturated carbocycles. The first-order valence-corrected chi connectivity index (χ1v) is 9.95. The Morgan fingerprint density at radius 3 is 2.32 bits per heavy atom. The topological polar surface area (TPSA) is 130 Å². The molecule has 0 amide bonds. The maximum absolute atomic E-state index is 11.9. The Bertz CT molecular complexity index is 530. The predicted octanol–water partition coefficient (Wildman–Crippen LogP) is 2.11. The highest BCUT2D eigenvalue weighted by Crippen LogP contribution is 2.17. The number of esters is 2. The fraction of sp³-hybridized carbons (Fsp3) is 0.750. The third-order valence-electron chi connectivity index (χ3n) is 4.72. The molecule has 0 radical (unpaired) electrons. The summed E-state index contributed by atoms with van der Waals surface area (Å²) >= 11 is 0. The zero-order chi connectivity index (χ0) is 20.9. The number of carboxylic acid groups (broad SMARTS) is 1. The molecule has 1 rings (SSSR count). The van der Waals surface area contributed by atoms with Crippen LogP contribution in [0.25, 0.3) is 0 Å². The highest BCUT2D eigenvalue weighted by Gasteiger charge is 2.23. The van der Waals surface area contributed by atoms with Crippen molar-refractivity contribution in [1.29, 1.82) is 0 Å². The lowest BCUT2D eigenvalue weighted by molar-refractivity contribution is -0.156. The number of carboxylic acids is 1.